The molecule has 9 heterocycles. The molecule has 6 fully saturated rings. The molecule has 14 rings (SSSR count). The largest absolute Gasteiger partial charge is 0.417 e. The highest BCUT2D eigenvalue weighted by molar-refractivity contribution is 8.00. The van der Waals surface area contributed by atoms with Gasteiger partial charge in [0.15, 0.2) is 0 Å². The lowest BCUT2D eigenvalue weighted by atomic mass is 9.77. The van der Waals surface area contributed by atoms with Gasteiger partial charge in [0.1, 0.15) is 34.9 Å². The van der Waals surface area contributed by atoms with Crippen molar-refractivity contribution < 1.29 is 58.2 Å². The predicted molar refractivity (Wildman–Crippen MR) is 351 cm³/mol. The molecule has 1 spiro atoms. The summed E-state index contributed by atoms with van der Waals surface area (Å²) in [5, 5.41) is -0.571. The number of halogens is 11. The van der Waals surface area contributed by atoms with E-state index in [1.807, 2.05) is 13.8 Å². The number of thioether (sulfide) groups is 2. The summed E-state index contributed by atoms with van der Waals surface area (Å²) < 4.78 is 162. The Morgan fingerprint density at radius 1 is 0.680 bits per heavy atom. The number of aromatic nitrogens is 4. The maximum atomic E-state index is 15.9. The summed E-state index contributed by atoms with van der Waals surface area (Å²) in [5.74, 6) is -5.18. The topological polar surface area (TPSA) is 136 Å². The molecule has 6 aromatic rings. The van der Waals surface area contributed by atoms with Gasteiger partial charge in [0, 0.05) is 179 Å². The Bertz CT molecular complexity index is 4370. The third-order valence-corrected chi connectivity index (χ3v) is 23.9. The van der Waals surface area contributed by atoms with E-state index in [9.17, 15) is 28.0 Å². The highest BCUT2D eigenvalue weighted by Crippen LogP contribution is 2.54. The number of piperazine rings is 3. The van der Waals surface area contributed by atoms with Gasteiger partial charge in [-0.05, 0) is 96.5 Å². The molecule has 8 atom stereocenters. The molecule has 8 aliphatic rings. The number of benzene rings is 4. The number of nitrogens with zero attached hydrogens (tertiary/aromatic N) is 11. The molecule has 2 amide bonds. The molecule has 5 saturated heterocycles. The minimum Gasteiger partial charge on any atom is -0.380 e. The first-order valence-corrected chi connectivity index (χ1v) is 34.9. The number of piperidine rings is 1. The van der Waals surface area contributed by atoms with Crippen LogP contribution in [0.2, 0.25) is 5.02 Å². The molecule has 4 aromatic carbocycles. The second kappa shape index (κ2) is 25.2. The quantitative estimate of drug-likeness (QED) is 0.0653. The molecule has 0 bridgehead atoms. The molecular weight excluding hydrogens is 1340 g/mol. The maximum Gasteiger partial charge on any atom is 0.417 e. The number of carbonyl (C=O) groups excluding carboxylic acids is 2. The summed E-state index contributed by atoms with van der Waals surface area (Å²) in [6.07, 6.45) is -6.48. The van der Waals surface area contributed by atoms with Gasteiger partial charge in [-0.25, -0.2) is 27.2 Å². The van der Waals surface area contributed by atoms with Gasteiger partial charge in [0.25, 0.3) is 0 Å². The van der Waals surface area contributed by atoms with E-state index >= 15 is 35.1 Å². The number of anilines is 2. The zero-order valence-corrected chi connectivity index (χ0v) is 55.9. The third-order valence-electron chi connectivity index (χ3n) is 21.1. The standard InChI is InChI=1S/C68H70ClF10N11O5S2/c1-7-54(91)88-36(4)24-85(25-37(88)5)61-45-19-48(68(77,78)79)56(44-21-49(69)52(73)23-51(44)72)60-57(45)89(64(93)80-61)41(31-97-60)29-83-14-16-84(17-15-83)53-22-43(53)38(6)63(92)87-27-34(2)86(26-35(87)3)62-46-20-47(67(74,75)76)55(42-9-8-39(70)18-50(42)71)59-58(46)90(65(94)81-62)40(30-96-59)28-82-12-10-66(11-13-82)32-95-33-66/h7-9,18-21,23,34-37,40-41,43,53H,1,6,10-17,22,24-33H2,2-5H3/t34-,35+,36-,37+,40-,41-,43?,53?/m0/s1. The number of rotatable bonds is 12. The Kier molecular flexibility index (Phi) is 17.5. The van der Waals surface area contributed by atoms with E-state index in [0.29, 0.717) is 70.1 Å². The van der Waals surface area contributed by atoms with Gasteiger partial charge >= 0.3 is 23.7 Å². The number of ether oxygens (including phenoxy) is 1. The van der Waals surface area contributed by atoms with Crippen molar-refractivity contribution in [2.45, 2.75) is 111 Å². The van der Waals surface area contributed by atoms with E-state index in [1.54, 1.807) is 33.4 Å². The van der Waals surface area contributed by atoms with Gasteiger partial charge in [-0.2, -0.15) is 36.3 Å². The van der Waals surface area contributed by atoms with Gasteiger partial charge in [-0.3, -0.25) is 28.5 Å². The van der Waals surface area contributed by atoms with Crippen molar-refractivity contribution in [3.8, 4) is 22.3 Å². The lowest BCUT2D eigenvalue weighted by Gasteiger charge is -2.48. The summed E-state index contributed by atoms with van der Waals surface area (Å²) in [7, 11) is 0. The van der Waals surface area contributed by atoms with Crippen LogP contribution in [0.1, 0.15) is 70.2 Å². The summed E-state index contributed by atoms with van der Waals surface area (Å²) in [6.45, 7) is 21.2. The molecule has 1 aliphatic carbocycles. The van der Waals surface area contributed by atoms with Crippen LogP contribution in [0.5, 0.6) is 0 Å². The van der Waals surface area contributed by atoms with Crippen molar-refractivity contribution in [3.63, 3.8) is 0 Å². The Balaban J connectivity index is 0.690. The van der Waals surface area contributed by atoms with Gasteiger partial charge < -0.3 is 29.2 Å². The fourth-order valence-corrected chi connectivity index (χ4v) is 18.9. The minimum atomic E-state index is -5.08. The van der Waals surface area contributed by atoms with Crippen LogP contribution in [0.4, 0.5) is 55.5 Å². The fourth-order valence-electron chi connectivity index (χ4n) is 16.1. The van der Waals surface area contributed by atoms with Gasteiger partial charge in [-0.15, -0.1) is 23.5 Å². The van der Waals surface area contributed by atoms with E-state index in [4.69, 9.17) is 16.3 Å². The van der Waals surface area contributed by atoms with Crippen molar-refractivity contribution in [2.75, 3.05) is 113 Å². The maximum absolute atomic E-state index is 15.9. The number of hydrogen-bond donors (Lipinski definition) is 0. The summed E-state index contributed by atoms with van der Waals surface area (Å²) in [6, 6.07) is 2.25. The number of hydrogen-bond acceptors (Lipinski definition) is 14. The summed E-state index contributed by atoms with van der Waals surface area (Å²) in [4.78, 5) is 79.5. The lowest BCUT2D eigenvalue weighted by molar-refractivity contribution is -0.140. The van der Waals surface area contributed by atoms with Crippen molar-refractivity contribution in [2.24, 2.45) is 11.3 Å². The highest BCUT2D eigenvalue weighted by atomic mass is 35.5. The van der Waals surface area contributed by atoms with Crippen LogP contribution in [0.15, 0.2) is 86.7 Å². The van der Waals surface area contributed by atoms with Crippen LogP contribution >= 0.6 is 35.1 Å². The molecule has 97 heavy (non-hydrogen) atoms. The van der Waals surface area contributed by atoms with E-state index in [2.05, 4.69) is 37.8 Å². The number of amides is 2. The van der Waals surface area contributed by atoms with Crippen LogP contribution in [-0.4, -0.2) is 189 Å². The number of likely N-dealkylation sites (tertiary alicyclic amines) is 1. The third kappa shape index (κ3) is 12.0. The average Bonchev–Trinajstić information content (AvgIpc) is 1.18. The normalized spacial score (nSPS) is 25.5. The molecule has 0 N–H and O–H groups in total. The average molecular weight is 1410 g/mol. The van der Waals surface area contributed by atoms with E-state index in [0.717, 1.165) is 79.8 Å². The van der Waals surface area contributed by atoms with Gasteiger partial charge in [-0.1, -0.05) is 24.8 Å². The van der Waals surface area contributed by atoms with Crippen molar-refractivity contribution >= 4 is 80.4 Å². The highest BCUT2D eigenvalue weighted by Gasteiger charge is 2.50. The first kappa shape index (κ1) is 67.5. The van der Waals surface area contributed by atoms with Crippen LogP contribution in [0.3, 0.4) is 0 Å². The van der Waals surface area contributed by atoms with Crippen LogP contribution < -0.4 is 21.2 Å². The second-order valence-electron chi connectivity index (χ2n) is 27.4. The minimum absolute atomic E-state index is 0.00110. The van der Waals surface area contributed by atoms with E-state index in [-0.39, 0.29) is 117 Å². The molecule has 2 unspecified atom stereocenters. The molecule has 2 aromatic heterocycles. The zero-order valence-electron chi connectivity index (χ0n) is 53.5. The SMILES string of the molecule is C=CC(=O)N1[C@H](C)CN(c2nc(=O)n3c4c(c(-c5cc(Cl)c(F)cc5F)c(C(F)(F)F)cc24)SC[C@@H]3CN2CCN(C3CC3C(=C)C(=O)N3C[C@H](C)N(c4nc(=O)n5c6c(c(-c7ccc(F)cc7F)c(C(F)(F)F)cc46)SC[C@@H]5CN4CCC5(CC4)COC5)C[C@H]3C)CC2)C[C@@H]1C. The Labute approximate surface area is 565 Å². The Morgan fingerprint density at radius 2 is 1.23 bits per heavy atom. The van der Waals surface area contributed by atoms with Gasteiger partial charge in [0.2, 0.25) is 11.8 Å². The van der Waals surface area contributed by atoms with E-state index in [1.165, 1.54) is 15.2 Å². The summed E-state index contributed by atoms with van der Waals surface area (Å²) in [5.41, 5.74) is -5.15. The molecule has 16 nitrogen and oxygen atoms in total. The van der Waals surface area contributed by atoms with Gasteiger partial charge in [0.05, 0.1) is 52.5 Å². The van der Waals surface area contributed by atoms with Crippen molar-refractivity contribution in [3.05, 3.63) is 128 Å². The Morgan fingerprint density at radius 3 is 1.77 bits per heavy atom. The van der Waals surface area contributed by atoms with Crippen LogP contribution in [0.25, 0.3) is 44.1 Å². The predicted octanol–water partition coefficient (Wildman–Crippen LogP) is 11.4. The van der Waals surface area contributed by atoms with Crippen molar-refractivity contribution in [1.82, 2.24) is 43.6 Å². The molecule has 516 valence electrons. The Hall–Kier alpha value is -6.69. The molecule has 1 saturated carbocycles. The first-order valence-electron chi connectivity index (χ1n) is 32.5. The van der Waals surface area contributed by atoms with Crippen LogP contribution in [-0.2, 0) is 26.7 Å². The van der Waals surface area contributed by atoms with Crippen molar-refractivity contribution in [1.29, 1.82) is 0 Å². The van der Waals surface area contributed by atoms with Crippen LogP contribution in [0, 0.1) is 34.6 Å². The monoisotopic (exact) mass is 1410 g/mol. The molecule has 29 heteroatoms. The molecule has 7 aliphatic heterocycles. The zero-order chi connectivity index (χ0) is 68.8. The molecular formula is C68H70ClF10N11O5S2. The number of carbonyl (C=O) groups is 2. The lowest BCUT2D eigenvalue weighted by Crippen LogP contribution is -2.59. The smallest absolute Gasteiger partial charge is 0.380 e. The first-order chi connectivity index (χ1) is 46.0. The fraction of sp³-hybridized carbons (Fsp3) is 0.500. The number of alkyl halides is 6. The summed E-state index contributed by atoms with van der Waals surface area (Å²) >= 11 is 8.26. The second-order valence-corrected chi connectivity index (χ2v) is 29.9. The van der Waals surface area contributed by atoms with E-state index < -0.39 is 122 Å². The molecule has 0 radical (unpaired) electrons.